The Morgan fingerprint density at radius 1 is 0.960 bits per heavy atom. The van der Waals surface area contributed by atoms with Crippen molar-refractivity contribution >= 4 is 5.91 Å². The van der Waals surface area contributed by atoms with Crippen molar-refractivity contribution in [3.05, 3.63) is 65.5 Å². The van der Waals surface area contributed by atoms with Gasteiger partial charge in [-0.1, -0.05) is 49.2 Å². The van der Waals surface area contributed by atoms with E-state index >= 15 is 0 Å². The molecule has 2 heterocycles. The van der Waals surface area contributed by atoms with Crippen molar-refractivity contribution in [1.82, 2.24) is 9.88 Å². The Labute approximate surface area is 150 Å². The van der Waals surface area contributed by atoms with E-state index < -0.39 is 0 Å². The Morgan fingerprint density at radius 3 is 2.56 bits per heavy atom. The van der Waals surface area contributed by atoms with Gasteiger partial charge in [-0.05, 0) is 43.4 Å². The largest absolute Gasteiger partial charge is 0.334 e. The summed E-state index contributed by atoms with van der Waals surface area (Å²) in [4.78, 5) is 19.9. The molecule has 0 spiro atoms. The first-order valence-corrected chi connectivity index (χ1v) is 9.61. The molecular formula is C22H26N2O. The van der Waals surface area contributed by atoms with Crippen LogP contribution in [0.15, 0.2) is 48.5 Å². The molecule has 3 nitrogen and oxygen atoms in total. The van der Waals surface area contributed by atoms with Crippen LogP contribution in [-0.4, -0.2) is 22.3 Å². The molecule has 0 unspecified atom stereocenters. The average molecular weight is 334 g/mol. The van der Waals surface area contributed by atoms with Gasteiger partial charge in [0.25, 0.3) is 0 Å². The summed E-state index contributed by atoms with van der Waals surface area (Å²) in [6.45, 7) is 0.893. The molecule has 1 amide bonds. The number of nitrogens with zero attached hydrogens (tertiary/aromatic N) is 2. The summed E-state index contributed by atoms with van der Waals surface area (Å²) in [7, 11) is 0. The van der Waals surface area contributed by atoms with E-state index in [1.54, 1.807) is 0 Å². The first kappa shape index (κ1) is 16.3. The van der Waals surface area contributed by atoms with Crippen molar-refractivity contribution in [2.24, 2.45) is 5.92 Å². The Bertz CT molecular complexity index is 722. The molecule has 1 atom stereocenters. The summed E-state index contributed by atoms with van der Waals surface area (Å²) in [5, 5.41) is 0. The number of pyridine rings is 1. The van der Waals surface area contributed by atoms with Gasteiger partial charge < -0.3 is 4.90 Å². The second-order valence-electron chi connectivity index (χ2n) is 7.39. The lowest BCUT2D eigenvalue weighted by Gasteiger charge is -2.27. The third kappa shape index (κ3) is 3.60. The highest BCUT2D eigenvalue weighted by Gasteiger charge is 2.35. The highest BCUT2D eigenvalue weighted by molar-refractivity contribution is 5.79. The van der Waals surface area contributed by atoms with Crippen LogP contribution in [0.25, 0.3) is 0 Å². The van der Waals surface area contributed by atoms with Crippen LogP contribution >= 0.6 is 0 Å². The lowest BCUT2D eigenvalue weighted by Crippen LogP contribution is -2.35. The molecule has 0 N–H and O–H groups in total. The quantitative estimate of drug-likeness (QED) is 0.823. The smallest absolute Gasteiger partial charge is 0.226 e. The van der Waals surface area contributed by atoms with Crippen molar-refractivity contribution in [2.75, 3.05) is 6.54 Å². The number of aromatic nitrogens is 1. The van der Waals surface area contributed by atoms with E-state index in [0.29, 0.717) is 5.91 Å². The van der Waals surface area contributed by atoms with Crippen LogP contribution in [0, 0.1) is 5.92 Å². The Hall–Kier alpha value is -2.16. The molecule has 1 aromatic heterocycles. The third-order valence-electron chi connectivity index (χ3n) is 5.64. The van der Waals surface area contributed by atoms with Gasteiger partial charge >= 0.3 is 0 Å². The van der Waals surface area contributed by atoms with Crippen LogP contribution in [0.5, 0.6) is 0 Å². The molecule has 2 fully saturated rings. The van der Waals surface area contributed by atoms with Gasteiger partial charge in [0.15, 0.2) is 0 Å². The van der Waals surface area contributed by atoms with Crippen LogP contribution in [0.4, 0.5) is 0 Å². The zero-order chi connectivity index (χ0) is 17.1. The number of carbonyl (C=O) groups excluding carboxylic acids is 1. The summed E-state index contributed by atoms with van der Waals surface area (Å²) in [6.07, 6.45) is 7.54. The molecular weight excluding hydrogens is 308 g/mol. The second-order valence-corrected chi connectivity index (χ2v) is 7.39. The number of likely N-dealkylation sites (tertiary alicyclic amines) is 1. The third-order valence-corrected chi connectivity index (χ3v) is 5.64. The monoisotopic (exact) mass is 334 g/mol. The number of carbonyl (C=O) groups is 1. The molecule has 1 saturated carbocycles. The van der Waals surface area contributed by atoms with E-state index in [9.17, 15) is 4.79 Å². The lowest BCUT2D eigenvalue weighted by atomic mass is 10.0. The minimum absolute atomic E-state index is 0.170. The highest BCUT2D eigenvalue weighted by Crippen LogP contribution is 2.35. The fourth-order valence-electron chi connectivity index (χ4n) is 4.33. The first-order valence-electron chi connectivity index (χ1n) is 9.61. The second kappa shape index (κ2) is 7.38. The van der Waals surface area contributed by atoms with Crippen LogP contribution in [0.2, 0.25) is 0 Å². The minimum Gasteiger partial charge on any atom is -0.334 e. The molecule has 1 aliphatic heterocycles. The van der Waals surface area contributed by atoms with Crippen LogP contribution < -0.4 is 0 Å². The van der Waals surface area contributed by atoms with E-state index in [-0.39, 0.29) is 12.0 Å². The van der Waals surface area contributed by atoms with E-state index in [1.807, 2.05) is 6.07 Å². The maximum absolute atomic E-state index is 12.9. The molecule has 2 aliphatic rings. The Balaban J connectivity index is 1.52. The van der Waals surface area contributed by atoms with Crippen molar-refractivity contribution < 1.29 is 4.79 Å². The molecule has 1 saturated heterocycles. The predicted molar refractivity (Wildman–Crippen MR) is 99.1 cm³/mol. The SMILES string of the molecule is O=C(C1CCCC1)N1CCC[C@@H]1c1cccc(Cc2ccccc2)n1. The summed E-state index contributed by atoms with van der Waals surface area (Å²) >= 11 is 0. The number of benzene rings is 1. The number of rotatable bonds is 4. The van der Waals surface area contributed by atoms with Gasteiger partial charge in [-0.15, -0.1) is 0 Å². The van der Waals surface area contributed by atoms with E-state index in [4.69, 9.17) is 4.98 Å². The van der Waals surface area contributed by atoms with E-state index in [1.165, 1.54) is 18.4 Å². The van der Waals surface area contributed by atoms with Gasteiger partial charge in [0.05, 0.1) is 11.7 Å². The van der Waals surface area contributed by atoms with Gasteiger partial charge in [-0.3, -0.25) is 9.78 Å². The molecule has 25 heavy (non-hydrogen) atoms. The molecule has 2 aromatic rings. The first-order chi connectivity index (χ1) is 12.3. The van der Waals surface area contributed by atoms with Crippen LogP contribution in [0.1, 0.15) is 61.5 Å². The molecule has 130 valence electrons. The topological polar surface area (TPSA) is 33.2 Å². The van der Waals surface area contributed by atoms with Crippen molar-refractivity contribution in [3.63, 3.8) is 0 Å². The summed E-state index contributed by atoms with van der Waals surface area (Å²) in [6, 6.07) is 16.9. The molecule has 3 heteroatoms. The van der Waals surface area contributed by atoms with Gasteiger partial charge in [-0.25, -0.2) is 0 Å². The summed E-state index contributed by atoms with van der Waals surface area (Å²) in [5.41, 5.74) is 3.43. The van der Waals surface area contributed by atoms with Crippen molar-refractivity contribution in [3.8, 4) is 0 Å². The maximum atomic E-state index is 12.9. The average Bonchev–Trinajstić information content (AvgIpc) is 3.34. The van der Waals surface area contributed by atoms with E-state index in [0.717, 1.165) is 50.0 Å². The standard InChI is InChI=1S/C22H26N2O/c25-22(18-10-4-5-11-18)24-15-7-14-21(24)20-13-6-12-19(23-20)16-17-8-2-1-3-9-17/h1-3,6,8-9,12-13,18,21H,4-5,7,10-11,14-16H2/t21-/m1/s1. The fourth-order valence-corrected chi connectivity index (χ4v) is 4.33. The zero-order valence-electron chi connectivity index (χ0n) is 14.7. The van der Waals surface area contributed by atoms with Crippen LogP contribution in [0.3, 0.4) is 0 Å². The van der Waals surface area contributed by atoms with Gasteiger partial charge in [0.2, 0.25) is 5.91 Å². The number of hydrogen-bond donors (Lipinski definition) is 0. The predicted octanol–water partition coefficient (Wildman–Crippen LogP) is 4.53. The molecule has 0 radical (unpaired) electrons. The Kier molecular flexibility index (Phi) is 4.82. The van der Waals surface area contributed by atoms with Gasteiger partial charge in [0.1, 0.15) is 0 Å². The zero-order valence-corrected chi connectivity index (χ0v) is 14.7. The van der Waals surface area contributed by atoms with Crippen LogP contribution in [-0.2, 0) is 11.2 Å². The lowest BCUT2D eigenvalue weighted by molar-refractivity contribution is -0.136. The normalized spacial score (nSPS) is 21.0. The molecule has 4 rings (SSSR count). The van der Waals surface area contributed by atoms with Gasteiger partial charge in [0, 0.05) is 24.6 Å². The summed E-state index contributed by atoms with van der Waals surface area (Å²) in [5.74, 6) is 0.628. The number of hydrogen-bond acceptors (Lipinski definition) is 2. The van der Waals surface area contributed by atoms with E-state index in [2.05, 4.69) is 47.4 Å². The molecule has 1 aliphatic carbocycles. The van der Waals surface area contributed by atoms with Gasteiger partial charge in [-0.2, -0.15) is 0 Å². The molecule has 0 bridgehead atoms. The molecule has 1 aromatic carbocycles. The number of amides is 1. The van der Waals surface area contributed by atoms with Crippen molar-refractivity contribution in [2.45, 2.75) is 51.0 Å². The fraction of sp³-hybridized carbons (Fsp3) is 0.455. The maximum Gasteiger partial charge on any atom is 0.226 e. The minimum atomic E-state index is 0.170. The van der Waals surface area contributed by atoms with Crippen molar-refractivity contribution in [1.29, 1.82) is 0 Å². The highest BCUT2D eigenvalue weighted by atomic mass is 16.2. The summed E-state index contributed by atoms with van der Waals surface area (Å²) < 4.78 is 0. The Morgan fingerprint density at radius 2 is 1.76 bits per heavy atom.